The van der Waals surface area contributed by atoms with Gasteiger partial charge in [0.25, 0.3) is 0 Å². The quantitative estimate of drug-likeness (QED) is 0.410. The molecule has 2 aromatic heterocycles. The standard InChI is InChI=1S/C20H19N3O2/c1-20(2,3)11-8-9-15-13(10-11)16(19(24)22-15)18-17(23-25)12-6-4-5-7-14(12)21-18/h4-10,21-22,24H,1-3H3. The minimum Gasteiger partial charge on any atom is -0.494 e. The maximum atomic E-state index is 11.5. The SMILES string of the molecule is CC(C)(C)c1ccc2[nH]c(O)c(-c3[nH]c4ccccc4c3N=O)c2c1. The van der Waals surface area contributed by atoms with Crippen molar-refractivity contribution in [3.63, 3.8) is 0 Å². The third-order valence-electron chi connectivity index (χ3n) is 4.66. The second kappa shape index (κ2) is 5.21. The van der Waals surface area contributed by atoms with Crippen molar-refractivity contribution < 1.29 is 5.11 Å². The largest absolute Gasteiger partial charge is 0.494 e. The molecule has 4 aromatic rings. The molecule has 0 aliphatic heterocycles. The monoisotopic (exact) mass is 333 g/mol. The Bertz CT molecular complexity index is 1110. The van der Waals surface area contributed by atoms with Gasteiger partial charge in [0, 0.05) is 21.8 Å². The van der Waals surface area contributed by atoms with Crippen molar-refractivity contribution in [3.8, 4) is 17.1 Å². The molecule has 5 heteroatoms. The van der Waals surface area contributed by atoms with Gasteiger partial charge in [-0.2, -0.15) is 0 Å². The van der Waals surface area contributed by atoms with E-state index in [2.05, 4.69) is 42.0 Å². The van der Waals surface area contributed by atoms with Gasteiger partial charge in [-0.05, 0) is 34.4 Å². The van der Waals surface area contributed by atoms with E-state index in [1.165, 1.54) is 0 Å². The minimum atomic E-state index is -0.0233. The van der Waals surface area contributed by atoms with E-state index in [0.717, 1.165) is 27.4 Å². The third kappa shape index (κ3) is 2.31. The summed E-state index contributed by atoms with van der Waals surface area (Å²) in [4.78, 5) is 17.7. The summed E-state index contributed by atoms with van der Waals surface area (Å²) >= 11 is 0. The number of nitrogens with zero attached hydrogens (tertiary/aromatic N) is 1. The molecule has 0 spiro atoms. The highest BCUT2D eigenvalue weighted by Gasteiger charge is 2.22. The molecule has 2 aromatic carbocycles. The summed E-state index contributed by atoms with van der Waals surface area (Å²) in [6, 6.07) is 13.5. The number of aromatic amines is 2. The van der Waals surface area contributed by atoms with Crippen LogP contribution in [0, 0.1) is 4.91 Å². The number of aromatic hydroxyl groups is 1. The Kier molecular flexibility index (Phi) is 3.22. The molecule has 0 saturated heterocycles. The molecule has 0 aliphatic rings. The summed E-state index contributed by atoms with van der Waals surface area (Å²) in [6.45, 7) is 6.42. The van der Waals surface area contributed by atoms with E-state index in [0.29, 0.717) is 16.9 Å². The fourth-order valence-corrected chi connectivity index (χ4v) is 3.30. The van der Waals surface area contributed by atoms with Crippen LogP contribution in [-0.4, -0.2) is 15.1 Å². The number of hydrogen-bond donors (Lipinski definition) is 3. The highest BCUT2D eigenvalue weighted by Crippen LogP contribution is 2.44. The first-order chi connectivity index (χ1) is 11.9. The maximum Gasteiger partial charge on any atom is 0.199 e. The Morgan fingerprint density at radius 2 is 1.68 bits per heavy atom. The van der Waals surface area contributed by atoms with Crippen LogP contribution >= 0.6 is 0 Å². The van der Waals surface area contributed by atoms with Gasteiger partial charge in [-0.1, -0.05) is 45.0 Å². The summed E-state index contributed by atoms with van der Waals surface area (Å²) in [7, 11) is 0. The van der Waals surface area contributed by atoms with Gasteiger partial charge in [0.05, 0.1) is 11.3 Å². The van der Waals surface area contributed by atoms with Crippen LogP contribution in [0.25, 0.3) is 33.1 Å². The summed E-state index contributed by atoms with van der Waals surface area (Å²) < 4.78 is 0. The normalized spacial score (nSPS) is 12.1. The van der Waals surface area contributed by atoms with E-state index in [-0.39, 0.29) is 11.3 Å². The lowest BCUT2D eigenvalue weighted by molar-refractivity contribution is 0.460. The molecule has 2 heterocycles. The molecule has 0 fully saturated rings. The van der Waals surface area contributed by atoms with Gasteiger partial charge in [0.2, 0.25) is 0 Å². The smallest absolute Gasteiger partial charge is 0.199 e. The highest BCUT2D eigenvalue weighted by atomic mass is 16.3. The van der Waals surface area contributed by atoms with E-state index in [1.54, 1.807) is 0 Å². The van der Waals surface area contributed by atoms with Crippen LogP contribution in [0.1, 0.15) is 26.3 Å². The molecule has 0 atom stereocenters. The van der Waals surface area contributed by atoms with Gasteiger partial charge in [0.1, 0.15) is 5.69 Å². The minimum absolute atomic E-state index is 0.0233. The van der Waals surface area contributed by atoms with Gasteiger partial charge in [0.15, 0.2) is 5.88 Å². The predicted molar refractivity (Wildman–Crippen MR) is 101 cm³/mol. The van der Waals surface area contributed by atoms with Crippen molar-refractivity contribution in [1.29, 1.82) is 0 Å². The molecule has 126 valence electrons. The molecule has 0 saturated carbocycles. The highest BCUT2D eigenvalue weighted by molar-refractivity contribution is 6.07. The molecular formula is C20H19N3O2. The Balaban J connectivity index is 2.07. The Labute approximate surface area is 144 Å². The van der Waals surface area contributed by atoms with Crippen molar-refractivity contribution in [2.24, 2.45) is 5.18 Å². The molecule has 5 nitrogen and oxygen atoms in total. The van der Waals surface area contributed by atoms with Gasteiger partial charge >= 0.3 is 0 Å². The first kappa shape index (κ1) is 15.4. The summed E-state index contributed by atoms with van der Waals surface area (Å²) in [6.07, 6.45) is 0. The zero-order chi connectivity index (χ0) is 17.8. The average Bonchev–Trinajstić information content (AvgIpc) is 3.08. The number of rotatable bonds is 2. The molecule has 0 bridgehead atoms. The summed E-state index contributed by atoms with van der Waals surface area (Å²) in [5.41, 5.74) is 4.18. The Morgan fingerprint density at radius 3 is 2.40 bits per heavy atom. The lowest BCUT2D eigenvalue weighted by atomic mass is 9.86. The first-order valence-electron chi connectivity index (χ1n) is 8.20. The zero-order valence-electron chi connectivity index (χ0n) is 14.3. The van der Waals surface area contributed by atoms with Crippen molar-refractivity contribution >= 4 is 27.5 Å². The second-order valence-corrected chi connectivity index (χ2v) is 7.34. The number of nitroso groups, excluding NO2 is 1. The third-order valence-corrected chi connectivity index (χ3v) is 4.66. The van der Waals surface area contributed by atoms with Crippen LogP contribution < -0.4 is 0 Å². The van der Waals surface area contributed by atoms with E-state index < -0.39 is 0 Å². The average molecular weight is 333 g/mol. The fourth-order valence-electron chi connectivity index (χ4n) is 3.30. The topological polar surface area (TPSA) is 81.2 Å². The molecule has 0 radical (unpaired) electrons. The Hall–Kier alpha value is -3.08. The molecule has 25 heavy (non-hydrogen) atoms. The van der Waals surface area contributed by atoms with Gasteiger partial charge in [-0.15, -0.1) is 4.91 Å². The van der Waals surface area contributed by atoms with Crippen molar-refractivity contribution in [3.05, 3.63) is 52.9 Å². The maximum absolute atomic E-state index is 11.5. The lowest BCUT2D eigenvalue weighted by Gasteiger charge is -2.19. The van der Waals surface area contributed by atoms with Gasteiger partial charge in [-0.3, -0.25) is 0 Å². The number of para-hydroxylation sites is 1. The number of benzene rings is 2. The predicted octanol–water partition coefficient (Wildman–Crippen LogP) is 5.72. The number of fused-ring (bicyclic) bond motifs is 2. The number of nitrogens with one attached hydrogen (secondary N) is 2. The number of aromatic nitrogens is 2. The van der Waals surface area contributed by atoms with Crippen molar-refractivity contribution in [1.82, 2.24) is 9.97 Å². The molecule has 0 amide bonds. The second-order valence-electron chi connectivity index (χ2n) is 7.34. The van der Waals surface area contributed by atoms with Crippen LogP contribution in [0.5, 0.6) is 5.88 Å². The van der Waals surface area contributed by atoms with Crippen LogP contribution in [0.4, 0.5) is 5.69 Å². The van der Waals surface area contributed by atoms with Crippen LogP contribution in [0.2, 0.25) is 0 Å². The fraction of sp³-hybridized carbons (Fsp3) is 0.200. The molecule has 0 unspecified atom stereocenters. The van der Waals surface area contributed by atoms with E-state index >= 15 is 0 Å². The Morgan fingerprint density at radius 1 is 0.960 bits per heavy atom. The number of hydrogen-bond acceptors (Lipinski definition) is 3. The summed E-state index contributed by atoms with van der Waals surface area (Å²) in [5, 5.41) is 15.3. The molecule has 3 N–H and O–H groups in total. The molecule has 0 aliphatic carbocycles. The van der Waals surface area contributed by atoms with Crippen LogP contribution in [0.3, 0.4) is 0 Å². The van der Waals surface area contributed by atoms with E-state index in [4.69, 9.17) is 0 Å². The first-order valence-corrected chi connectivity index (χ1v) is 8.20. The van der Waals surface area contributed by atoms with E-state index in [9.17, 15) is 10.0 Å². The summed E-state index contributed by atoms with van der Waals surface area (Å²) in [5.74, 6) is 0.0255. The zero-order valence-corrected chi connectivity index (χ0v) is 14.3. The molecular weight excluding hydrogens is 314 g/mol. The number of H-pyrrole nitrogens is 2. The lowest BCUT2D eigenvalue weighted by Crippen LogP contribution is -2.10. The van der Waals surface area contributed by atoms with Crippen LogP contribution in [-0.2, 0) is 5.41 Å². The van der Waals surface area contributed by atoms with Gasteiger partial charge < -0.3 is 15.1 Å². The molecule has 4 rings (SSSR count). The van der Waals surface area contributed by atoms with Crippen LogP contribution in [0.15, 0.2) is 47.6 Å². The van der Waals surface area contributed by atoms with Crippen molar-refractivity contribution in [2.75, 3.05) is 0 Å². The van der Waals surface area contributed by atoms with Crippen molar-refractivity contribution in [2.45, 2.75) is 26.2 Å². The van der Waals surface area contributed by atoms with E-state index in [1.807, 2.05) is 36.4 Å². The van der Waals surface area contributed by atoms with Gasteiger partial charge in [-0.25, -0.2) is 0 Å².